The average Bonchev–Trinajstić information content (AvgIpc) is 3.40. The van der Waals surface area contributed by atoms with Crippen LogP contribution in [0.3, 0.4) is 0 Å². The molecular formula is C37H31N5. The zero-order chi connectivity index (χ0) is 28.0. The fourth-order valence-corrected chi connectivity index (χ4v) is 6.61. The lowest BCUT2D eigenvalue weighted by Gasteiger charge is -2.36. The van der Waals surface area contributed by atoms with Crippen molar-refractivity contribution in [1.82, 2.24) is 10.6 Å². The van der Waals surface area contributed by atoms with Crippen LogP contribution in [0.4, 0.5) is 11.4 Å². The lowest BCUT2D eigenvalue weighted by atomic mass is 9.88. The predicted octanol–water partition coefficient (Wildman–Crippen LogP) is 7.89. The van der Waals surface area contributed by atoms with Gasteiger partial charge in [0.15, 0.2) is 0 Å². The van der Waals surface area contributed by atoms with Crippen molar-refractivity contribution >= 4 is 38.8 Å². The summed E-state index contributed by atoms with van der Waals surface area (Å²) in [7, 11) is 2.18. The lowest BCUT2D eigenvalue weighted by molar-refractivity contribution is 0.408. The van der Waals surface area contributed by atoms with Crippen LogP contribution in [0, 0.1) is 0 Å². The summed E-state index contributed by atoms with van der Waals surface area (Å²) in [4.78, 5) is 7.54. The molecule has 6 aromatic carbocycles. The highest BCUT2D eigenvalue weighted by atomic mass is 15.3. The van der Waals surface area contributed by atoms with Crippen molar-refractivity contribution in [1.29, 1.82) is 0 Å². The standard InChI is InChI=1S/C37H31N5/c1-42-31-23-13-12-22-30(31)38-37(42)33-29-21-11-9-19-27(29)26-18-8-10-20-28(26)32(33)36-40-34(24-14-4-2-5-15-24)39-35(41-36)25-16-6-3-7-17-25/h2-23,34,36-38,40H,1H3,(H,39,41). The average molecular weight is 546 g/mol. The highest BCUT2D eigenvalue weighted by molar-refractivity contribution is 6.12. The zero-order valence-corrected chi connectivity index (χ0v) is 23.3. The van der Waals surface area contributed by atoms with Gasteiger partial charge in [0.2, 0.25) is 0 Å². The van der Waals surface area contributed by atoms with Gasteiger partial charge in [0, 0.05) is 23.7 Å². The number of nitrogens with zero attached hydrogens (tertiary/aromatic N) is 2. The molecule has 0 saturated heterocycles. The van der Waals surface area contributed by atoms with Crippen LogP contribution < -0.4 is 20.9 Å². The molecule has 8 rings (SSSR count). The third kappa shape index (κ3) is 4.01. The van der Waals surface area contributed by atoms with E-state index in [0.29, 0.717) is 0 Å². The van der Waals surface area contributed by atoms with Gasteiger partial charge in [-0.2, -0.15) is 0 Å². The van der Waals surface area contributed by atoms with Crippen molar-refractivity contribution in [2.45, 2.75) is 18.5 Å². The minimum Gasteiger partial charge on any atom is -0.360 e. The van der Waals surface area contributed by atoms with Crippen molar-refractivity contribution in [3.63, 3.8) is 0 Å². The van der Waals surface area contributed by atoms with Gasteiger partial charge in [-0.25, -0.2) is 4.99 Å². The largest absolute Gasteiger partial charge is 0.360 e. The number of anilines is 2. The van der Waals surface area contributed by atoms with Gasteiger partial charge in [0.25, 0.3) is 0 Å². The molecule has 0 aliphatic carbocycles. The van der Waals surface area contributed by atoms with Gasteiger partial charge in [-0.1, -0.05) is 121 Å². The van der Waals surface area contributed by atoms with Crippen LogP contribution in [0.25, 0.3) is 21.5 Å². The second kappa shape index (κ2) is 10.1. The highest BCUT2D eigenvalue weighted by Gasteiger charge is 2.35. The summed E-state index contributed by atoms with van der Waals surface area (Å²) in [6.07, 6.45) is -0.465. The van der Waals surface area contributed by atoms with E-state index >= 15 is 0 Å². The van der Waals surface area contributed by atoms with E-state index in [2.05, 4.69) is 155 Å². The van der Waals surface area contributed by atoms with Gasteiger partial charge < -0.3 is 15.5 Å². The summed E-state index contributed by atoms with van der Waals surface area (Å²) in [5, 5.41) is 16.6. The molecule has 2 aliphatic heterocycles. The summed E-state index contributed by atoms with van der Waals surface area (Å²) in [5.74, 6) is 0.882. The number of fused-ring (bicyclic) bond motifs is 4. The Morgan fingerprint density at radius 3 is 1.83 bits per heavy atom. The Balaban J connectivity index is 1.38. The first-order valence-corrected chi connectivity index (χ1v) is 14.5. The van der Waals surface area contributed by atoms with E-state index in [1.165, 1.54) is 38.4 Å². The molecule has 2 aliphatic rings. The maximum Gasteiger partial charge on any atom is 0.131 e. The molecule has 3 unspecified atom stereocenters. The fourth-order valence-electron chi connectivity index (χ4n) is 6.61. The Kier molecular flexibility index (Phi) is 5.90. The molecule has 3 N–H and O–H groups in total. The van der Waals surface area contributed by atoms with E-state index in [1.807, 2.05) is 6.07 Å². The molecule has 6 aromatic rings. The molecule has 0 saturated carbocycles. The molecule has 5 nitrogen and oxygen atoms in total. The van der Waals surface area contributed by atoms with E-state index in [4.69, 9.17) is 4.99 Å². The number of hydrogen-bond donors (Lipinski definition) is 3. The van der Waals surface area contributed by atoms with E-state index in [0.717, 1.165) is 22.6 Å². The number of nitrogens with one attached hydrogen (secondary N) is 3. The number of rotatable bonds is 4. The molecule has 0 radical (unpaired) electrons. The van der Waals surface area contributed by atoms with Crippen molar-refractivity contribution < 1.29 is 0 Å². The molecule has 5 heteroatoms. The maximum absolute atomic E-state index is 5.18. The molecule has 3 atom stereocenters. The molecule has 0 bridgehead atoms. The number of hydrogen-bond acceptors (Lipinski definition) is 5. The number of para-hydroxylation sites is 2. The van der Waals surface area contributed by atoms with Crippen LogP contribution in [0.1, 0.15) is 40.8 Å². The molecule has 0 amide bonds. The first kappa shape index (κ1) is 24.6. The lowest BCUT2D eigenvalue weighted by Crippen LogP contribution is -2.46. The van der Waals surface area contributed by atoms with Crippen LogP contribution in [0.2, 0.25) is 0 Å². The van der Waals surface area contributed by atoms with E-state index in [1.54, 1.807) is 0 Å². The summed E-state index contributed by atoms with van der Waals surface area (Å²) in [6, 6.07) is 47.1. The Morgan fingerprint density at radius 1 is 0.571 bits per heavy atom. The molecule has 0 aromatic heterocycles. The maximum atomic E-state index is 5.18. The summed E-state index contributed by atoms with van der Waals surface area (Å²) in [6.45, 7) is 0. The van der Waals surface area contributed by atoms with Crippen molar-refractivity contribution in [2.24, 2.45) is 4.99 Å². The Labute approximate surface area is 245 Å². The zero-order valence-electron chi connectivity index (χ0n) is 23.3. The van der Waals surface area contributed by atoms with Crippen molar-refractivity contribution in [3.8, 4) is 0 Å². The van der Waals surface area contributed by atoms with E-state index in [-0.39, 0.29) is 18.5 Å². The SMILES string of the molecule is CN1c2ccccc2NC1c1c(C2NC(c3ccccc3)=NC(c3ccccc3)N2)c2ccccc2c2ccccc12. The molecule has 0 spiro atoms. The van der Waals surface area contributed by atoms with Crippen molar-refractivity contribution in [3.05, 3.63) is 156 Å². The van der Waals surface area contributed by atoms with Gasteiger partial charge in [0.1, 0.15) is 24.3 Å². The molecule has 2 heterocycles. The van der Waals surface area contributed by atoms with Crippen LogP contribution in [-0.2, 0) is 0 Å². The summed E-state index contributed by atoms with van der Waals surface area (Å²) in [5.41, 5.74) is 7.03. The molecule has 0 fully saturated rings. The van der Waals surface area contributed by atoms with Crippen LogP contribution in [0.15, 0.2) is 138 Å². The second-order valence-corrected chi connectivity index (χ2v) is 11.0. The Hall–Kier alpha value is -5.13. The first-order valence-electron chi connectivity index (χ1n) is 14.5. The van der Waals surface area contributed by atoms with E-state index in [9.17, 15) is 0 Å². The Bertz CT molecular complexity index is 1950. The van der Waals surface area contributed by atoms with Gasteiger partial charge in [-0.05, 0) is 39.2 Å². The van der Waals surface area contributed by atoms with Gasteiger partial charge in [-0.3, -0.25) is 5.32 Å². The van der Waals surface area contributed by atoms with Gasteiger partial charge >= 0.3 is 0 Å². The third-order valence-electron chi connectivity index (χ3n) is 8.57. The number of benzene rings is 6. The first-order chi connectivity index (χ1) is 20.8. The van der Waals surface area contributed by atoms with Gasteiger partial charge in [0.05, 0.1) is 11.4 Å². The van der Waals surface area contributed by atoms with E-state index < -0.39 is 0 Å². The molecule has 204 valence electrons. The quantitative estimate of drug-likeness (QED) is 0.197. The fraction of sp³-hybridized carbons (Fsp3) is 0.108. The van der Waals surface area contributed by atoms with Crippen molar-refractivity contribution in [2.75, 3.05) is 17.3 Å². The van der Waals surface area contributed by atoms with Crippen LogP contribution in [0.5, 0.6) is 0 Å². The van der Waals surface area contributed by atoms with Crippen LogP contribution >= 0.6 is 0 Å². The Morgan fingerprint density at radius 2 is 1.14 bits per heavy atom. The number of amidine groups is 1. The summed E-state index contributed by atoms with van der Waals surface area (Å²) >= 11 is 0. The topological polar surface area (TPSA) is 51.7 Å². The normalized spacial score (nSPS) is 19.7. The molecular weight excluding hydrogens is 514 g/mol. The third-order valence-corrected chi connectivity index (χ3v) is 8.57. The molecule has 42 heavy (non-hydrogen) atoms. The second-order valence-electron chi connectivity index (χ2n) is 11.0. The minimum absolute atomic E-state index is 0.0512. The van der Waals surface area contributed by atoms with Gasteiger partial charge in [-0.15, -0.1) is 0 Å². The highest BCUT2D eigenvalue weighted by Crippen LogP contribution is 2.46. The summed E-state index contributed by atoms with van der Waals surface area (Å²) < 4.78 is 0. The smallest absolute Gasteiger partial charge is 0.131 e. The van der Waals surface area contributed by atoms with Crippen LogP contribution in [-0.4, -0.2) is 12.9 Å². The minimum atomic E-state index is -0.211. The monoisotopic (exact) mass is 545 g/mol. The number of aliphatic imine (C=N–C) groups is 1. The predicted molar refractivity (Wildman–Crippen MR) is 174 cm³/mol.